The SMILES string of the molecule is Cc1nccc(C(=O)N2CC[C@@H](c3ncc(CN(C)C)[nH]3)C2)n1. The van der Waals surface area contributed by atoms with Gasteiger partial charge in [0.15, 0.2) is 0 Å². The lowest BCUT2D eigenvalue weighted by molar-refractivity contribution is 0.0784. The molecule has 0 bridgehead atoms. The van der Waals surface area contributed by atoms with E-state index in [0.29, 0.717) is 18.1 Å². The number of likely N-dealkylation sites (tertiary alicyclic amines) is 1. The summed E-state index contributed by atoms with van der Waals surface area (Å²) in [7, 11) is 4.06. The minimum Gasteiger partial charge on any atom is -0.345 e. The number of hydrogen-bond acceptors (Lipinski definition) is 5. The van der Waals surface area contributed by atoms with Gasteiger partial charge in [0.05, 0.1) is 0 Å². The summed E-state index contributed by atoms with van der Waals surface area (Å²) in [5.74, 6) is 1.82. The number of carbonyl (C=O) groups excluding carboxylic acids is 1. The van der Waals surface area contributed by atoms with Crippen molar-refractivity contribution in [1.29, 1.82) is 0 Å². The number of nitrogens with zero attached hydrogens (tertiary/aromatic N) is 5. The van der Waals surface area contributed by atoms with E-state index in [1.54, 1.807) is 19.2 Å². The Labute approximate surface area is 135 Å². The van der Waals surface area contributed by atoms with E-state index in [4.69, 9.17) is 0 Å². The van der Waals surface area contributed by atoms with Gasteiger partial charge in [-0.1, -0.05) is 0 Å². The number of carbonyl (C=O) groups is 1. The summed E-state index contributed by atoms with van der Waals surface area (Å²) >= 11 is 0. The number of H-pyrrole nitrogens is 1. The number of hydrogen-bond donors (Lipinski definition) is 1. The van der Waals surface area contributed by atoms with E-state index >= 15 is 0 Å². The quantitative estimate of drug-likeness (QED) is 0.917. The summed E-state index contributed by atoms with van der Waals surface area (Å²) in [6, 6.07) is 1.67. The van der Waals surface area contributed by atoms with E-state index in [9.17, 15) is 4.79 Å². The maximum atomic E-state index is 12.5. The third kappa shape index (κ3) is 3.56. The van der Waals surface area contributed by atoms with Crippen LogP contribution in [0.4, 0.5) is 0 Å². The summed E-state index contributed by atoms with van der Waals surface area (Å²) in [4.78, 5) is 32.6. The van der Waals surface area contributed by atoms with Crippen molar-refractivity contribution in [2.24, 2.45) is 0 Å². The molecule has 0 unspecified atom stereocenters. The molecule has 1 N–H and O–H groups in total. The van der Waals surface area contributed by atoms with Crippen LogP contribution in [-0.4, -0.2) is 62.8 Å². The summed E-state index contributed by atoms with van der Waals surface area (Å²) in [5, 5.41) is 0. The van der Waals surface area contributed by atoms with Crippen LogP contribution in [0.3, 0.4) is 0 Å². The summed E-state index contributed by atoms with van der Waals surface area (Å²) in [6.45, 7) is 4.04. The average Bonchev–Trinajstić information content (AvgIpc) is 3.14. The second-order valence-electron chi connectivity index (χ2n) is 6.26. The fraction of sp³-hybridized carbons (Fsp3) is 0.500. The molecule has 1 amide bonds. The molecule has 0 spiro atoms. The van der Waals surface area contributed by atoms with Gasteiger partial charge in [0, 0.05) is 43.6 Å². The highest BCUT2D eigenvalue weighted by atomic mass is 16.2. The smallest absolute Gasteiger partial charge is 0.272 e. The minimum absolute atomic E-state index is 0.0296. The number of imidazole rings is 1. The Kier molecular flexibility index (Phi) is 4.38. The molecule has 1 atom stereocenters. The summed E-state index contributed by atoms with van der Waals surface area (Å²) < 4.78 is 0. The van der Waals surface area contributed by atoms with Crippen molar-refractivity contribution in [1.82, 2.24) is 29.7 Å². The van der Waals surface area contributed by atoms with Crippen LogP contribution in [0.1, 0.15) is 40.2 Å². The molecule has 122 valence electrons. The molecule has 0 aliphatic carbocycles. The van der Waals surface area contributed by atoms with Crippen LogP contribution in [0.15, 0.2) is 18.5 Å². The van der Waals surface area contributed by atoms with E-state index in [1.807, 2.05) is 25.2 Å². The Bertz CT molecular complexity index is 695. The number of aryl methyl sites for hydroxylation is 1. The minimum atomic E-state index is -0.0296. The molecule has 1 fully saturated rings. The Morgan fingerprint density at radius 1 is 1.43 bits per heavy atom. The molecule has 1 aliphatic rings. The van der Waals surface area contributed by atoms with Crippen molar-refractivity contribution in [3.05, 3.63) is 41.5 Å². The van der Waals surface area contributed by atoms with Gasteiger partial charge in [-0.3, -0.25) is 4.79 Å². The topological polar surface area (TPSA) is 78.0 Å². The van der Waals surface area contributed by atoms with Crippen LogP contribution < -0.4 is 0 Å². The first-order valence-electron chi connectivity index (χ1n) is 7.80. The lowest BCUT2D eigenvalue weighted by atomic mass is 10.1. The molecule has 3 heterocycles. The first-order chi connectivity index (χ1) is 11.0. The third-order valence-electron chi connectivity index (χ3n) is 3.99. The fourth-order valence-electron chi connectivity index (χ4n) is 2.91. The van der Waals surface area contributed by atoms with Crippen LogP contribution in [-0.2, 0) is 6.54 Å². The standard InChI is InChI=1S/C16H22N6O/c1-11-17-6-4-14(19-11)16(23)22-7-5-12(9-22)15-18-8-13(20-15)10-21(2)3/h4,6,8,12H,5,7,9-10H2,1-3H3,(H,18,20)/t12-/m1/s1. The van der Waals surface area contributed by atoms with Gasteiger partial charge in [0.1, 0.15) is 17.3 Å². The van der Waals surface area contributed by atoms with Crippen molar-refractivity contribution in [3.63, 3.8) is 0 Å². The number of amides is 1. The third-order valence-corrected chi connectivity index (χ3v) is 3.99. The largest absolute Gasteiger partial charge is 0.345 e. The van der Waals surface area contributed by atoms with Gasteiger partial charge in [-0.15, -0.1) is 0 Å². The van der Waals surface area contributed by atoms with Crippen molar-refractivity contribution in [3.8, 4) is 0 Å². The van der Waals surface area contributed by atoms with Crippen LogP contribution in [0.25, 0.3) is 0 Å². The van der Waals surface area contributed by atoms with Crippen molar-refractivity contribution in [2.45, 2.75) is 25.8 Å². The van der Waals surface area contributed by atoms with E-state index in [0.717, 1.165) is 31.0 Å². The number of rotatable bonds is 4. The van der Waals surface area contributed by atoms with Crippen LogP contribution >= 0.6 is 0 Å². The van der Waals surface area contributed by atoms with Gasteiger partial charge >= 0.3 is 0 Å². The zero-order valence-corrected chi connectivity index (χ0v) is 13.8. The first kappa shape index (κ1) is 15.6. The van der Waals surface area contributed by atoms with E-state index in [2.05, 4.69) is 24.8 Å². The van der Waals surface area contributed by atoms with Crippen LogP contribution in [0, 0.1) is 6.92 Å². The zero-order chi connectivity index (χ0) is 16.4. The molecular weight excluding hydrogens is 292 g/mol. The second kappa shape index (κ2) is 6.45. The highest BCUT2D eigenvalue weighted by Gasteiger charge is 2.30. The number of aromatic amines is 1. The Morgan fingerprint density at radius 2 is 2.26 bits per heavy atom. The number of nitrogens with one attached hydrogen (secondary N) is 1. The Hall–Kier alpha value is -2.28. The van der Waals surface area contributed by atoms with E-state index < -0.39 is 0 Å². The maximum absolute atomic E-state index is 12.5. The molecule has 0 saturated carbocycles. The summed E-state index contributed by atoms with van der Waals surface area (Å²) in [5.41, 5.74) is 1.56. The molecule has 3 rings (SSSR count). The van der Waals surface area contributed by atoms with E-state index in [-0.39, 0.29) is 11.8 Å². The van der Waals surface area contributed by atoms with Gasteiger partial charge in [-0.25, -0.2) is 15.0 Å². The lowest BCUT2D eigenvalue weighted by Gasteiger charge is -2.15. The van der Waals surface area contributed by atoms with Gasteiger partial charge in [0.2, 0.25) is 0 Å². The number of aromatic nitrogens is 4. The first-order valence-corrected chi connectivity index (χ1v) is 7.80. The molecule has 2 aromatic heterocycles. The molecule has 7 heteroatoms. The normalized spacial score (nSPS) is 17.9. The molecule has 0 aromatic carbocycles. The predicted molar refractivity (Wildman–Crippen MR) is 86.0 cm³/mol. The van der Waals surface area contributed by atoms with Gasteiger partial charge in [-0.2, -0.15) is 0 Å². The molecule has 23 heavy (non-hydrogen) atoms. The van der Waals surface area contributed by atoms with Gasteiger partial charge < -0.3 is 14.8 Å². The molecule has 0 radical (unpaired) electrons. The molecule has 7 nitrogen and oxygen atoms in total. The Morgan fingerprint density at radius 3 is 3.00 bits per heavy atom. The van der Waals surface area contributed by atoms with E-state index in [1.165, 1.54) is 0 Å². The zero-order valence-electron chi connectivity index (χ0n) is 13.8. The van der Waals surface area contributed by atoms with Crippen molar-refractivity contribution >= 4 is 5.91 Å². The van der Waals surface area contributed by atoms with Gasteiger partial charge in [-0.05, 0) is 33.5 Å². The average molecular weight is 314 g/mol. The van der Waals surface area contributed by atoms with Gasteiger partial charge in [0.25, 0.3) is 5.91 Å². The van der Waals surface area contributed by atoms with Crippen LogP contribution in [0.5, 0.6) is 0 Å². The molecular formula is C16H22N6O. The predicted octanol–water partition coefficient (Wildman–Crippen LogP) is 1.20. The Balaban J connectivity index is 1.66. The highest BCUT2D eigenvalue weighted by molar-refractivity contribution is 5.92. The summed E-state index contributed by atoms with van der Waals surface area (Å²) in [6.07, 6.45) is 4.43. The lowest BCUT2D eigenvalue weighted by Crippen LogP contribution is -2.29. The van der Waals surface area contributed by atoms with Crippen molar-refractivity contribution < 1.29 is 4.79 Å². The monoisotopic (exact) mass is 314 g/mol. The molecule has 1 saturated heterocycles. The highest BCUT2D eigenvalue weighted by Crippen LogP contribution is 2.26. The molecule has 2 aromatic rings. The van der Waals surface area contributed by atoms with Crippen molar-refractivity contribution in [2.75, 3.05) is 27.2 Å². The molecule has 1 aliphatic heterocycles. The second-order valence-corrected chi connectivity index (χ2v) is 6.26. The van der Waals surface area contributed by atoms with Crippen LogP contribution in [0.2, 0.25) is 0 Å². The maximum Gasteiger partial charge on any atom is 0.272 e. The fourth-order valence-corrected chi connectivity index (χ4v) is 2.91.